The second kappa shape index (κ2) is 9.61. The molecule has 170 valence electrons. The molecular weight excluding hydrogens is 436 g/mol. The summed E-state index contributed by atoms with van der Waals surface area (Å²) in [7, 11) is 0. The Balaban J connectivity index is 1.59. The van der Waals surface area contributed by atoms with Crippen LogP contribution < -0.4 is 10.1 Å². The summed E-state index contributed by atoms with van der Waals surface area (Å²) in [6.07, 6.45) is 1.69. The van der Waals surface area contributed by atoms with Crippen molar-refractivity contribution in [1.82, 2.24) is 4.98 Å². The molecule has 5 heteroatoms. The molecule has 35 heavy (non-hydrogen) atoms. The predicted octanol–water partition coefficient (Wildman–Crippen LogP) is 6.68. The van der Waals surface area contributed by atoms with Gasteiger partial charge in [0.15, 0.2) is 0 Å². The smallest absolute Gasteiger partial charge is 0.343 e. The molecule has 0 aliphatic carbocycles. The van der Waals surface area contributed by atoms with Crippen molar-refractivity contribution in [3.05, 3.63) is 126 Å². The van der Waals surface area contributed by atoms with E-state index in [1.165, 1.54) is 0 Å². The quantitative estimate of drug-likeness (QED) is 0.236. The highest BCUT2D eigenvalue weighted by atomic mass is 16.5. The van der Waals surface area contributed by atoms with Gasteiger partial charge in [-0.25, -0.2) is 4.79 Å². The molecule has 0 saturated carbocycles. The average molecular weight is 459 g/mol. The van der Waals surface area contributed by atoms with Gasteiger partial charge in [0.2, 0.25) is 0 Å². The lowest BCUT2D eigenvalue weighted by molar-refractivity contribution is 0.0732. The number of aryl methyl sites for hydroxylation is 1. The van der Waals surface area contributed by atoms with Gasteiger partial charge < -0.3 is 10.1 Å². The largest absolute Gasteiger partial charge is 0.422 e. The van der Waals surface area contributed by atoms with Crippen molar-refractivity contribution in [2.45, 2.75) is 6.92 Å². The number of esters is 1. The van der Waals surface area contributed by atoms with Crippen LogP contribution in [0.4, 0.5) is 5.69 Å². The predicted molar refractivity (Wildman–Crippen MR) is 138 cm³/mol. The Morgan fingerprint density at radius 2 is 1.51 bits per heavy atom. The number of aromatic nitrogens is 1. The van der Waals surface area contributed by atoms with Crippen molar-refractivity contribution in [3.63, 3.8) is 0 Å². The van der Waals surface area contributed by atoms with Crippen molar-refractivity contribution in [3.8, 4) is 16.9 Å². The minimum atomic E-state index is -0.519. The van der Waals surface area contributed by atoms with E-state index in [0.717, 1.165) is 16.5 Å². The lowest BCUT2D eigenvalue weighted by Crippen LogP contribution is -2.18. The Morgan fingerprint density at radius 3 is 2.34 bits per heavy atom. The van der Waals surface area contributed by atoms with Gasteiger partial charge in [-0.05, 0) is 47.9 Å². The Labute approximate surface area is 203 Å². The number of carbonyl (C=O) groups excluding carboxylic acids is 2. The summed E-state index contributed by atoms with van der Waals surface area (Å²) in [6, 6.07) is 31.4. The lowest BCUT2D eigenvalue weighted by Gasteiger charge is -2.16. The van der Waals surface area contributed by atoms with E-state index in [9.17, 15) is 9.59 Å². The van der Waals surface area contributed by atoms with Crippen LogP contribution in [0.15, 0.2) is 109 Å². The van der Waals surface area contributed by atoms with Gasteiger partial charge >= 0.3 is 5.97 Å². The van der Waals surface area contributed by atoms with Gasteiger partial charge in [-0.1, -0.05) is 78.9 Å². The number of pyridine rings is 1. The van der Waals surface area contributed by atoms with E-state index in [0.29, 0.717) is 22.3 Å². The molecule has 0 saturated heterocycles. The fraction of sp³-hybridized carbons (Fsp3) is 0.0333. The van der Waals surface area contributed by atoms with Gasteiger partial charge in [0.1, 0.15) is 5.75 Å². The number of benzene rings is 4. The first-order chi connectivity index (χ1) is 17.1. The van der Waals surface area contributed by atoms with Gasteiger partial charge in [-0.2, -0.15) is 0 Å². The van der Waals surface area contributed by atoms with Crippen LogP contribution >= 0.6 is 0 Å². The molecule has 0 radical (unpaired) electrons. The van der Waals surface area contributed by atoms with E-state index in [2.05, 4.69) is 10.3 Å². The third-order valence-corrected chi connectivity index (χ3v) is 5.79. The van der Waals surface area contributed by atoms with Gasteiger partial charge in [0, 0.05) is 11.6 Å². The Hall–Kier alpha value is -4.77. The van der Waals surface area contributed by atoms with E-state index >= 15 is 0 Å². The monoisotopic (exact) mass is 458 g/mol. The van der Waals surface area contributed by atoms with Crippen LogP contribution in [0, 0.1) is 6.92 Å². The van der Waals surface area contributed by atoms with Crippen LogP contribution in [0.5, 0.6) is 5.75 Å². The molecule has 0 aliphatic heterocycles. The van der Waals surface area contributed by atoms with Crippen LogP contribution in [0.3, 0.4) is 0 Å². The number of amides is 1. The van der Waals surface area contributed by atoms with Crippen LogP contribution in [0.25, 0.3) is 22.0 Å². The lowest BCUT2D eigenvalue weighted by atomic mass is 9.98. The summed E-state index contributed by atoms with van der Waals surface area (Å²) >= 11 is 0. The van der Waals surface area contributed by atoms with Crippen molar-refractivity contribution < 1.29 is 14.3 Å². The summed E-state index contributed by atoms with van der Waals surface area (Å²) < 4.78 is 5.81. The number of hydrogen-bond acceptors (Lipinski definition) is 4. The fourth-order valence-corrected chi connectivity index (χ4v) is 4.06. The van der Waals surface area contributed by atoms with Gasteiger partial charge in [0.25, 0.3) is 5.91 Å². The Morgan fingerprint density at radius 1 is 0.771 bits per heavy atom. The zero-order chi connectivity index (χ0) is 24.2. The third-order valence-electron chi connectivity index (χ3n) is 5.79. The maximum Gasteiger partial charge on any atom is 0.343 e. The summed E-state index contributed by atoms with van der Waals surface area (Å²) in [4.78, 5) is 31.2. The molecule has 1 heterocycles. The van der Waals surface area contributed by atoms with Gasteiger partial charge in [-0.3, -0.25) is 9.78 Å². The molecule has 5 aromatic rings. The molecule has 0 atom stereocenters. The molecular formula is C30H22N2O3. The highest BCUT2D eigenvalue weighted by Crippen LogP contribution is 2.33. The molecule has 0 spiro atoms. The summed E-state index contributed by atoms with van der Waals surface area (Å²) in [5, 5.41) is 3.89. The van der Waals surface area contributed by atoms with Crippen LogP contribution in [-0.2, 0) is 0 Å². The van der Waals surface area contributed by atoms with E-state index in [-0.39, 0.29) is 11.3 Å². The van der Waals surface area contributed by atoms with Crippen molar-refractivity contribution in [2.24, 2.45) is 0 Å². The van der Waals surface area contributed by atoms with Crippen molar-refractivity contribution in [2.75, 3.05) is 5.32 Å². The Bertz CT molecular complexity index is 1540. The van der Waals surface area contributed by atoms with Crippen LogP contribution in [-0.4, -0.2) is 16.9 Å². The minimum absolute atomic E-state index is 0.185. The maximum atomic E-state index is 13.7. The number of nitrogens with zero attached hydrogens (tertiary/aromatic N) is 1. The standard InChI is InChI=1S/C30H22N2O3/c1-20-10-5-6-15-23(20)30(34)35-26-18-8-16-24(21-11-3-2-4-12-21)27(26)29(33)32-25-17-7-13-22-14-9-19-31-28(22)25/h2-19H,1H3,(H,32,33). The highest BCUT2D eigenvalue weighted by molar-refractivity contribution is 6.13. The minimum Gasteiger partial charge on any atom is -0.422 e. The first-order valence-corrected chi connectivity index (χ1v) is 11.2. The molecule has 0 aliphatic rings. The molecule has 5 rings (SSSR count). The normalized spacial score (nSPS) is 10.7. The number of hydrogen-bond donors (Lipinski definition) is 1. The molecule has 0 unspecified atom stereocenters. The first-order valence-electron chi connectivity index (χ1n) is 11.2. The average Bonchev–Trinajstić information content (AvgIpc) is 2.89. The summed E-state index contributed by atoms with van der Waals surface area (Å²) in [5.41, 5.74) is 4.26. The molecule has 1 amide bonds. The fourth-order valence-electron chi connectivity index (χ4n) is 4.06. The van der Waals surface area contributed by atoms with Gasteiger partial charge in [-0.15, -0.1) is 0 Å². The summed E-state index contributed by atoms with van der Waals surface area (Å²) in [5.74, 6) is -0.727. The van der Waals surface area contributed by atoms with E-state index in [1.807, 2.05) is 79.7 Å². The molecule has 0 fully saturated rings. The molecule has 4 aromatic carbocycles. The van der Waals surface area contributed by atoms with E-state index in [1.54, 1.807) is 36.5 Å². The van der Waals surface area contributed by atoms with Crippen molar-refractivity contribution >= 4 is 28.5 Å². The molecule has 0 bridgehead atoms. The van der Waals surface area contributed by atoms with Crippen molar-refractivity contribution in [1.29, 1.82) is 0 Å². The van der Waals surface area contributed by atoms with Crippen LogP contribution in [0.1, 0.15) is 26.3 Å². The van der Waals surface area contributed by atoms with E-state index in [4.69, 9.17) is 4.74 Å². The zero-order valence-electron chi connectivity index (χ0n) is 19.1. The van der Waals surface area contributed by atoms with E-state index < -0.39 is 11.9 Å². The number of fused-ring (bicyclic) bond motifs is 1. The second-order valence-electron chi connectivity index (χ2n) is 8.08. The second-order valence-corrected chi connectivity index (χ2v) is 8.08. The van der Waals surface area contributed by atoms with Crippen LogP contribution in [0.2, 0.25) is 0 Å². The summed E-state index contributed by atoms with van der Waals surface area (Å²) in [6.45, 7) is 1.85. The number of nitrogens with one attached hydrogen (secondary N) is 1. The van der Waals surface area contributed by atoms with Gasteiger partial charge in [0.05, 0.1) is 22.3 Å². The molecule has 1 aromatic heterocycles. The first kappa shape index (κ1) is 22.0. The zero-order valence-corrected chi connectivity index (χ0v) is 19.1. The molecule has 1 N–H and O–H groups in total. The topological polar surface area (TPSA) is 68.3 Å². The number of ether oxygens (including phenoxy) is 1. The maximum absolute atomic E-state index is 13.7. The number of anilines is 1. The highest BCUT2D eigenvalue weighted by Gasteiger charge is 2.22. The third kappa shape index (κ3) is 4.52. The molecule has 5 nitrogen and oxygen atoms in total. The number of carbonyl (C=O) groups is 2. The SMILES string of the molecule is Cc1ccccc1C(=O)Oc1cccc(-c2ccccc2)c1C(=O)Nc1cccc2cccnc12. The number of para-hydroxylation sites is 1. The number of rotatable bonds is 5. The Kier molecular flexibility index (Phi) is 6.05.